The lowest BCUT2D eigenvalue weighted by molar-refractivity contribution is -0.455. The Bertz CT molecular complexity index is 1030. The lowest BCUT2D eigenvalue weighted by atomic mass is 10.1. The van der Waals surface area contributed by atoms with Crippen molar-refractivity contribution in [3.05, 3.63) is 56.9 Å². The molecule has 2 aromatic rings. The van der Waals surface area contributed by atoms with Crippen molar-refractivity contribution in [3.8, 4) is 5.75 Å². The highest BCUT2D eigenvalue weighted by Gasteiger charge is 2.48. The highest BCUT2D eigenvalue weighted by Crippen LogP contribution is 2.30. The Morgan fingerprint density at radius 1 is 1.31 bits per heavy atom. The van der Waals surface area contributed by atoms with Crippen molar-refractivity contribution in [2.45, 2.75) is 32.1 Å². The number of carbonyl (C=O) groups is 2. The summed E-state index contributed by atoms with van der Waals surface area (Å²) in [6.07, 6.45) is 4.29. The number of amides is 3. The maximum Gasteiger partial charge on any atom is 0.501 e. The second-order valence-electron chi connectivity index (χ2n) is 6.98. The monoisotopic (exact) mass is 428 g/mol. The number of aromatic nitrogens is 1. The fourth-order valence-electron chi connectivity index (χ4n) is 3.67. The summed E-state index contributed by atoms with van der Waals surface area (Å²) in [4.78, 5) is 33.3. The van der Waals surface area contributed by atoms with Crippen LogP contribution in [0.1, 0.15) is 21.7 Å². The fourth-order valence-corrected chi connectivity index (χ4v) is 5.34. The lowest BCUT2D eigenvalue weighted by Gasteiger charge is -2.24. The van der Waals surface area contributed by atoms with Crippen molar-refractivity contribution in [3.63, 3.8) is 0 Å². The molecule has 4 heterocycles. The van der Waals surface area contributed by atoms with Gasteiger partial charge in [0.2, 0.25) is 0 Å². The summed E-state index contributed by atoms with van der Waals surface area (Å²) in [7, 11) is 1.64. The lowest BCUT2D eigenvalue weighted by Crippen LogP contribution is -2.55. The van der Waals surface area contributed by atoms with E-state index < -0.39 is 0 Å². The van der Waals surface area contributed by atoms with Gasteiger partial charge in [-0.2, -0.15) is 14.3 Å². The second kappa shape index (κ2) is 8.12. The van der Waals surface area contributed by atoms with E-state index in [4.69, 9.17) is 4.74 Å². The van der Waals surface area contributed by atoms with Crippen LogP contribution in [0.2, 0.25) is 0 Å². The van der Waals surface area contributed by atoms with Gasteiger partial charge in [0.05, 0.1) is 12.8 Å². The third-order valence-corrected chi connectivity index (χ3v) is 7.15. The zero-order valence-corrected chi connectivity index (χ0v) is 18.2. The third-order valence-electron chi connectivity index (χ3n) is 5.21. The topological polar surface area (TPSA) is 62.5 Å². The average molecular weight is 429 g/mol. The summed E-state index contributed by atoms with van der Waals surface area (Å²) in [6.45, 7) is 4.58. The first kappa shape index (κ1) is 19.8. The molecule has 0 aromatic carbocycles. The molecule has 150 valence electrons. The van der Waals surface area contributed by atoms with Crippen LogP contribution >= 0.6 is 23.1 Å². The van der Waals surface area contributed by atoms with Crippen LogP contribution in [0.4, 0.5) is 4.79 Å². The van der Waals surface area contributed by atoms with Crippen LogP contribution in [-0.4, -0.2) is 51.0 Å². The molecular formula is C21H22N3O3S2+. The van der Waals surface area contributed by atoms with Gasteiger partial charge in [-0.3, -0.25) is 4.98 Å². The van der Waals surface area contributed by atoms with Crippen LogP contribution in [0.5, 0.6) is 5.75 Å². The number of hydrogen-bond acceptors (Lipinski definition) is 6. The average Bonchev–Trinajstić information content (AvgIpc) is 3.39. The van der Waals surface area contributed by atoms with Crippen molar-refractivity contribution >= 4 is 40.7 Å². The van der Waals surface area contributed by atoms with Gasteiger partial charge in [0, 0.05) is 28.6 Å². The maximum atomic E-state index is 13.3. The Balaban J connectivity index is 1.66. The zero-order valence-electron chi connectivity index (χ0n) is 16.5. The number of ether oxygens (including phenoxy) is 1. The summed E-state index contributed by atoms with van der Waals surface area (Å²) in [5, 5.41) is 3.52. The highest BCUT2D eigenvalue weighted by molar-refractivity contribution is 8.04. The van der Waals surface area contributed by atoms with Gasteiger partial charge >= 0.3 is 11.9 Å². The highest BCUT2D eigenvalue weighted by atomic mass is 32.2. The molecule has 0 spiro atoms. The third kappa shape index (κ3) is 3.62. The number of rotatable bonds is 6. The molecule has 0 N–H and O–H groups in total. The summed E-state index contributed by atoms with van der Waals surface area (Å²) in [5.74, 6) is 0.641. The largest absolute Gasteiger partial charge is 0.501 e. The van der Waals surface area contributed by atoms with Gasteiger partial charge < -0.3 is 4.74 Å². The minimum Gasteiger partial charge on any atom is -0.496 e. The van der Waals surface area contributed by atoms with E-state index in [0.717, 1.165) is 33.2 Å². The molecule has 29 heavy (non-hydrogen) atoms. The van der Waals surface area contributed by atoms with Gasteiger partial charge in [-0.15, -0.1) is 23.1 Å². The first-order valence-electron chi connectivity index (χ1n) is 9.34. The minimum absolute atomic E-state index is 0.140. The molecule has 0 radical (unpaired) electrons. The number of imide groups is 1. The number of pyridine rings is 1. The summed E-state index contributed by atoms with van der Waals surface area (Å²) in [6, 6.07) is 3.72. The van der Waals surface area contributed by atoms with Gasteiger partial charge in [0.25, 0.3) is 0 Å². The van der Waals surface area contributed by atoms with E-state index >= 15 is 0 Å². The molecule has 0 aliphatic carbocycles. The molecule has 0 saturated heterocycles. The SMILES string of the molecule is COc1c(C)cnc(C[N+]2=C3C=CSC3C(=O)N(CCc3cccs3)C2=O)c1C. The van der Waals surface area contributed by atoms with Gasteiger partial charge in [-0.25, -0.2) is 4.79 Å². The van der Waals surface area contributed by atoms with Crippen molar-refractivity contribution in [2.24, 2.45) is 0 Å². The van der Waals surface area contributed by atoms with Crippen LogP contribution in [0, 0.1) is 13.8 Å². The number of methoxy groups -OCH3 is 1. The predicted molar refractivity (Wildman–Crippen MR) is 115 cm³/mol. The molecule has 1 atom stereocenters. The van der Waals surface area contributed by atoms with Crippen LogP contribution < -0.4 is 4.74 Å². The number of nitrogens with zero attached hydrogens (tertiary/aromatic N) is 3. The van der Waals surface area contributed by atoms with Crippen molar-refractivity contribution in [1.29, 1.82) is 0 Å². The van der Waals surface area contributed by atoms with E-state index in [1.165, 1.54) is 16.7 Å². The Kier molecular flexibility index (Phi) is 5.56. The van der Waals surface area contributed by atoms with Crippen molar-refractivity contribution in [1.82, 2.24) is 9.88 Å². The Morgan fingerprint density at radius 3 is 2.86 bits per heavy atom. The summed E-state index contributed by atoms with van der Waals surface area (Å²) < 4.78 is 7.19. The standard InChI is InChI=1S/C21H22N3O3S2/c1-13-11-22-16(14(2)18(13)27-3)12-24-17-7-10-29-19(17)20(25)23(21(24)26)8-6-15-5-4-9-28-15/h4-5,7,9-11,19H,6,8,12H2,1-3H3/q+1. The van der Waals surface area contributed by atoms with E-state index in [1.54, 1.807) is 29.2 Å². The molecule has 8 heteroatoms. The number of hydrogen-bond donors (Lipinski definition) is 0. The normalized spacial score (nSPS) is 18.6. The smallest absolute Gasteiger partial charge is 0.496 e. The first-order valence-corrected chi connectivity index (χ1v) is 11.2. The van der Waals surface area contributed by atoms with Gasteiger partial charge in [0.1, 0.15) is 24.6 Å². The Labute approximate surface area is 177 Å². The number of allylic oxidation sites excluding steroid dienone is 1. The molecule has 0 saturated carbocycles. The summed E-state index contributed by atoms with van der Waals surface area (Å²) in [5.41, 5.74) is 3.37. The minimum atomic E-state index is -0.372. The number of urea groups is 1. The number of carbonyl (C=O) groups excluding carboxylic acids is 2. The molecule has 0 bridgehead atoms. The van der Waals surface area contributed by atoms with E-state index in [9.17, 15) is 9.59 Å². The number of fused-ring (bicyclic) bond motifs is 1. The van der Waals surface area contributed by atoms with Crippen LogP contribution in [-0.2, 0) is 17.8 Å². The second-order valence-corrected chi connectivity index (χ2v) is 9.03. The zero-order chi connectivity index (χ0) is 20.5. The molecular weight excluding hydrogens is 406 g/mol. The maximum absolute atomic E-state index is 13.3. The molecule has 6 nitrogen and oxygen atoms in total. The molecule has 0 fully saturated rings. The molecule has 1 unspecified atom stereocenters. The molecule has 4 rings (SSSR count). The predicted octanol–water partition coefficient (Wildman–Crippen LogP) is 3.56. The summed E-state index contributed by atoms with van der Waals surface area (Å²) >= 11 is 3.08. The van der Waals surface area contributed by atoms with E-state index in [-0.39, 0.29) is 17.2 Å². The Hall–Kier alpha value is -2.45. The van der Waals surface area contributed by atoms with E-state index in [2.05, 4.69) is 4.98 Å². The number of aryl methyl sites for hydroxylation is 1. The van der Waals surface area contributed by atoms with Crippen molar-refractivity contribution < 1.29 is 18.9 Å². The molecule has 3 amide bonds. The van der Waals surface area contributed by atoms with Crippen molar-refractivity contribution in [2.75, 3.05) is 13.7 Å². The number of thiophene rings is 1. The fraction of sp³-hybridized carbons (Fsp3) is 0.333. The Morgan fingerprint density at radius 2 is 2.14 bits per heavy atom. The van der Waals surface area contributed by atoms with Crippen LogP contribution in [0.15, 0.2) is 35.2 Å². The van der Waals surface area contributed by atoms with E-state index in [0.29, 0.717) is 19.5 Å². The first-order chi connectivity index (χ1) is 14.0. The van der Waals surface area contributed by atoms with Crippen LogP contribution in [0.3, 0.4) is 0 Å². The number of thioether (sulfide) groups is 1. The molecule has 2 aromatic heterocycles. The molecule has 2 aliphatic rings. The van der Waals surface area contributed by atoms with Crippen LogP contribution in [0.25, 0.3) is 0 Å². The van der Waals surface area contributed by atoms with Gasteiger partial charge in [0.15, 0.2) is 5.25 Å². The van der Waals surface area contributed by atoms with E-state index in [1.807, 2.05) is 42.8 Å². The van der Waals surface area contributed by atoms with Gasteiger partial charge in [-0.1, -0.05) is 6.07 Å². The molecule has 2 aliphatic heterocycles. The van der Waals surface area contributed by atoms with Gasteiger partial charge in [-0.05, 0) is 36.8 Å². The quantitative estimate of drug-likeness (QED) is 0.659.